The summed E-state index contributed by atoms with van der Waals surface area (Å²) in [5.74, 6) is 1.62. The largest absolute Gasteiger partial charge is 0.490 e. The van der Waals surface area contributed by atoms with Gasteiger partial charge < -0.3 is 9.47 Å². The van der Waals surface area contributed by atoms with E-state index < -0.39 is 0 Å². The Morgan fingerprint density at radius 3 is 2.61 bits per heavy atom. The van der Waals surface area contributed by atoms with Gasteiger partial charge in [-0.2, -0.15) is 4.98 Å². The molecule has 0 fully saturated rings. The van der Waals surface area contributed by atoms with Crippen molar-refractivity contribution in [3.8, 4) is 16.7 Å². The van der Waals surface area contributed by atoms with Crippen LogP contribution in [0.25, 0.3) is 0 Å². The molecule has 0 saturated heterocycles. The summed E-state index contributed by atoms with van der Waals surface area (Å²) in [7, 11) is 0. The van der Waals surface area contributed by atoms with Crippen LogP contribution in [0.1, 0.15) is 11.8 Å². The van der Waals surface area contributed by atoms with Crippen molar-refractivity contribution in [2.75, 3.05) is 6.61 Å². The van der Waals surface area contributed by atoms with Crippen molar-refractivity contribution in [2.45, 2.75) is 12.8 Å². The van der Waals surface area contributed by atoms with Gasteiger partial charge in [-0.15, -0.1) is 11.6 Å². The molecule has 0 aliphatic heterocycles. The fourth-order valence-corrected chi connectivity index (χ4v) is 2.67. The van der Waals surface area contributed by atoms with Gasteiger partial charge in [0.2, 0.25) is 0 Å². The molecule has 0 saturated carbocycles. The fraction of sp³-hybridized carbons (Fsp3) is 0.250. The summed E-state index contributed by atoms with van der Waals surface area (Å²) in [4.78, 5) is 4.89. The number of nitrogens with zero attached hydrogens (tertiary/aromatic N) is 1. The first-order valence-electron chi connectivity index (χ1n) is 5.35. The van der Waals surface area contributed by atoms with Gasteiger partial charge in [0.15, 0.2) is 11.5 Å². The number of hydrogen-bond donors (Lipinski definition) is 0. The summed E-state index contributed by atoms with van der Waals surface area (Å²) in [5, 5.41) is 0.849. The van der Waals surface area contributed by atoms with E-state index in [1.807, 2.05) is 31.2 Å². The van der Waals surface area contributed by atoms with Gasteiger partial charge in [-0.25, -0.2) is 0 Å². The maximum atomic E-state index is 5.92. The quantitative estimate of drug-likeness (QED) is 0.749. The van der Waals surface area contributed by atoms with Gasteiger partial charge in [-0.05, 0) is 19.1 Å². The molecule has 6 heteroatoms. The van der Waals surface area contributed by atoms with E-state index in [2.05, 4.69) is 4.98 Å². The lowest BCUT2D eigenvalue weighted by molar-refractivity contribution is 0.321. The Balaban J connectivity index is 2.22. The van der Waals surface area contributed by atoms with Crippen molar-refractivity contribution in [3.05, 3.63) is 34.3 Å². The first-order valence-corrected chi connectivity index (χ1v) is 7.08. The lowest BCUT2D eigenvalue weighted by Gasteiger charge is -2.08. The molecule has 0 amide bonds. The number of thiazole rings is 1. The fourth-order valence-electron chi connectivity index (χ4n) is 1.34. The van der Waals surface area contributed by atoms with Crippen molar-refractivity contribution < 1.29 is 9.47 Å². The smallest absolute Gasteiger partial charge is 0.280 e. The van der Waals surface area contributed by atoms with Crippen LogP contribution < -0.4 is 9.47 Å². The molecule has 0 bridgehead atoms. The van der Waals surface area contributed by atoms with E-state index >= 15 is 0 Å². The van der Waals surface area contributed by atoms with E-state index in [9.17, 15) is 0 Å². The molecule has 2 aromatic rings. The lowest BCUT2D eigenvalue weighted by Crippen LogP contribution is -1.94. The van der Waals surface area contributed by atoms with Crippen LogP contribution in [0.15, 0.2) is 24.3 Å². The first kappa shape index (κ1) is 13.5. The van der Waals surface area contributed by atoms with E-state index in [1.165, 1.54) is 11.3 Å². The van der Waals surface area contributed by atoms with Crippen LogP contribution in [0.3, 0.4) is 0 Å². The first-order chi connectivity index (χ1) is 8.74. The molecular weight excluding hydrogens is 293 g/mol. The van der Waals surface area contributed by atoms with E-state index in [-0.39, 0.29) is 0 Å². The van der Waals surface area contributed by atoms with Crippen LogP contribution in [-0.4, -0.2) is 11.6 Å². The summed E-state index contributed by atoms with van der Waals surface area (Å²) in [5.41, 5.74) is 0. The molecule has 0 aliphatic rings. The summed E-state index contributed by atoms with van der Waals surface area (Å²) in [6.07, 6.45) is 0. The second kappa shape index (κ2) is 6.27. The molecular formula is C12H11Cl2NO2S. The maximum absolute atomic E-state index is 5.92. The summed E-state index contributed by atoms with van der Waals surface area (Å²) in [6, 6.07) is 7.42. The Bertz CT molecular complexity index is 531. The van der Waals surface area contributed by atoms with Gasteiger partial charge >= 0.3 is 0 Å². The maximum Gasteiger partial charge on any atom is 0.280 e. The minimum atomic E-state index is 0.326. The molecule has 1 aromatic heterocycles. The molecule has 0 unspecified atom stereocenters. The highest BCUT2D eigenvalue weighted by Gasteiger charge is 2.12. The Hall–Kier alpha value is -0.970. The second-order valence-corrected chi connectivity index (χ2v) is 4.98. The zero-order valence-electron chi connectivity index (χ0n) is 9.65. The molecule has 96 valence electrons. The number of rotatable bonds is 5. The monoisotopic (exact) mass is 303 g/mol. The van der Waals surface area contributed by atoms with E-state index in [0.29, 0.717) is 34.3 Å². The minimum absolute atomic E-state index is 0.326. The Kier molecular flexibility index (Phi) is 4.69. The molecule has 0 atom stereocenters. The van der Waals surface area contributed by atoms with Gasteiger partial charge in [0.1, 0.15) is 5.15 Å². The summed E-state index contributed by atoms with van der Waals surface area (Å²) >= 11 is 13.0. The lowest BCUT2D eigenvalue weighted by atomic mass is 10.3. The zero-order valence-corrected chi connectivity index (χ0v) is 12.0. The van der Waals surface area contributed by atoms with Gasteiger partial charge in [-0.1, -0.05) is 35.1 Å². The predicted octanol–water partition coefficient (Wildman–Crippen LogP) is 4.73. The van der Waals surface area contributed by atoms with Crippen molar-refractivity contribution in [1.82, 2.24) is 4.98 Å². The normalized spacial score (nSPS) is 10.4. The van der Waals surface area contributed by atoms with E-state index in [0.717, 1.165) is 4.88 Å². The second-order valence-electron chi connectivity index (χ2n) is 3.31. The molecule has 0 N–H and O–H groups in total. The number of para-hydroxylation sites is 2. The topological polar surface area (TPSA) is 31.4 Å². The molecule has 2 rings (SSSR count). The molecule has 18 heavy (non-hydrogen) atoms. The number of halogens is 2. The highest BCUT2D eigenvalue weighted by molar-refractivity contribution is 7.14. The van der Waals surface area contributed by atoms with Crippen molar-refractivity contribution in [2.24, 2.45) is 0 Å². The Labute approximate surface area is 119 Å². The molecule has 0 aliphatic carbocycles. The molecule has 0 radical (unpaired) electrons. The summed E-state index contributed by atoms with van der Waals surface area (Å²) in [6.45, 7) is 2.49. The van der Waals surface area contributed by atoms with Crippen LogP contribution in [0.2, 0.25) is 5.15 Å². The van der Waals surface area contributed by atoms with Crippen LogP contribution in [0.4, 0.5) is 0 Å². The van der Waals surface area contributed by atoms with Gasteiger partial charge in [-0.3, -0.25) is 0 Å². The van der Waals surface area contributed by atoms with Crippen LogP contribution in [0, 0.1) is 0 Å². The molecule has 1 aromatic carbocycles. The van der Waals surface area contributed by atoms with Crippen molar-refractivity contribution in [3.63, 3.8) is 0 Å². The number of ether oxygens (including phenoxy) is 2. The number of hydrogen-bond acceptors (Lipinski definition) is 4. The summed E-state index contributed by atoms with van der Waals surface area (Å²) < 4.78 is 11.1. The molecule has 1 heterocycles. The third kappa shape index (κ3) is 3.07. The zero-order chi connectivity index (χ0) is 13.0. The van der Waals surface area contributed by atoms with Gasteiger partial charge in [0.25, 0.3) is 5.19 Å². The SMILES string of the molecule is CCOc1ccccc1Oc1nc(Cl)c(CCl)s1. The number of aromatic nitrogens is 1. The molecule has 0 spiro atoms. The van der Waals surface area contributed by atoms with E-state index in [1.54, 1.807) is 0 Å². The van der Waals surface area contributed by atoms with Crippen molar-refractivity contribution >= 4 is 34.5 Å². The minimum Gasteiger partial charge on any atom is -0.490 e. The van der Waals surface area contributed by atoms with Gasteiger partial charge in [0.05, 0.1) is 17.4 Å². The Morgan fingerprint density at radius 2 is 2.00 bits per heavy atom. The van der Waals surface area contributed by atoms with Crippen molar-refractivity contribution in [1.29, 1.82) is 0 Å². The highest BCUT2D eigenvalue weighted by Crippen LogP contribution is 2.36. The third-order valence-corrected chi connectivity index (χ3v) is 3.88. The van der Waals surface area contributed by atoms with Gasteiger partial charge in [0, 0.05) is 0 Å². The highest BCUT2D eigenvalue weighted by atomic mass is 35.5. The average molecular weight is 304 g/mol. The Morgan fingerprint density at radius 1 is 1.28 bits per heavy atom. The van der Waals surface area contributed by atoms with Crippen LogP contribution in [-0.2, 0) is 5.88 Å². The van der Waals surface area contributed by atoms with Crippen LogP contribution in [0.5, 0.6) is 16.7 Å². The average Bonchev–Trinajstić information content (AvgIpc) is 2.72. The van der Waals surface area contributed by atoms with E-state index in [4.69, 9.17) is 32.7 Å². The number of alkyl halides is 1. The predicted molar refractivity (Wildman–Crippen MR) is 74.4 cm³/mol. The number of benzene rings is 1. The standard InChI is InChI=1S/C12H11Cl2NO2S/c1-2-16-8-5-3-4-6-9(8)17-12-15-11(14)10(7-13)18-12/h3-6H,2,7H2,1H3. The third-order valence-electron chi connectivity index (χ3n) is 2.10. The molecule has 3 nitrogen and oxygen atoms in total. The van der Waals surface area contributed by atoms with Crippen LogP contribution >= 0.6 is 34.5 Å².